The lowest BCUT2D eigenvalue weighted by Crippen LogP contribution is -2.42. The normalized spacial score (nSPS) is 18.2. The van der Waals surface area contributed by atoms with Gasteiger partial charge in [-0.2, -0.15) is 0 Å². The topological polar surface area (TPSA) is 35.6 Å². The Labute approximate surface area is 112 Å². The van der Waals surface area contributed by atoms with Crippen molar-refractivity contribution in [3.05, 3.63) is 0 Å². The second-order valence-electron chi connectivity index (χ2n) is 5.66. The van der Waals surface area contributed by atoms with E-state index in [-0.39, 0.29) is 5.91 Å². The summed E-state index contributed by atoms with van der Waals surface area (Å²) in [4.78, 5) is 16.2. The van der Waals surface area contributed by atoms with E-state index >= 15 is 0 Å². The molecule has 1 aliphatic rings. The Morgan fingerprint density at radius 3 is 2.56 bits per heavy atom. The van der Waals surface area contributed by atoms with Gasteiger partial charge >= 0.3 is 0 Å². The lowest BCUT2D eigenvalue weighted by atomic mass is 9.93. The molecule has 1 saturated heterocycles. The molecule has 106 valence electrons. The van der Waals surface area contributed by atoms with Crippen LogP contribution in [-0.2, 0) is 4.79 Å². The van der Waals surface area contributed by atoms with Crippen LogP contribution in [0.1, 0.15) is 32.6 Å². The van der Waals surface area contributed by atoms with Crippen LogP contribution in [0.2, 0.25) is 0 Å². The fraction of sp³-hybridized carbons (Fsp3) is 0.929. The van der Waals surface area contributed by atoms with Gasteiger partial charge in [0.05, 0.1) is 6.54 Å². The Morgan fingerprint density at radius 1 is 1.33 bits per heavy atom. The Morgan fingerprint density at radius 2 is 2.00 bits per heavy atom. The second-order valence-corrected chi connectivity index (χ2v) is 5.66. The summed E-state index contributed by atoms with van der Waals surface area (Å²) in [6.45, 7) is 6.81. The first-order chi connectivity index (χ1) is 8.61. The van der Waals surface area contributed by atoms with Crippen LogP contribution in [0, 0.1) is 5.92 Å². The molecule has 1 rings (SSSR count). The lowest BCUT2D eigenvalue weighted by molar-refractivity contribution is -0.122. The molecule has 0 aromatic carbocycles. The minimum Gasteiger partial charge on any atom is -0.355 e. The van der Waals surface area contributed by atoms with Crippen LogP contribution in [0.25, 0.3) is 0 Å². The van der Waals surface area contributed by atoms with Crippen molar-refractivity contribution in [2.24, 2.45) is 5.92 Å². The van der Waals surface area contributed by atoms with Crippen molar-refractivity contribution in [3.63, 3.8) is 0 Å². The average molecular weight is 255 g/mol. The fourth-order valence-corrected chi connectivity index (χ4v) is 2.40. The molecular weight excluding hydrogens is 226 g/mol. The molecule has 18 heavy (non-hydrogen) atoms. The number of nitrogens with zero attached hydrogens (tertiary/aromatic N) is 2. The van der Waals surface area contributed by atoms with E-state index in [9.17, 15) is 4.79 Å². The van der Waals surface area contributed by atoms with Crippen LogP contribution < -0.4 is 5.32 Å². The van der Waals surface area contributed by atoms with E-state index in [4.69, 9.17) is 0 Å². The highest BCUT2D eigenvalue weighted by atomic mass is 16.2. The molecule has 0 spiro atoms. The van der Waals surface area contributed by atoms with Gasteiger partial charge in [0.25, 0.3) is 0 Å². The van der Waals surface area contributed by atoms with Gasteiger partial charge in [-0.1, -0.05) is 6.92 Å². The molecule has 0 atom stereocenters. The SMILES string of the molecule is CCCNC(=O)CN1CCC(CCN(C)C)CC1. The van der Waals surface area contributed by atoms with E-state index in [0.717, 1.165) is 32.0 Å². The van der Waals surface area contributed by atoms with Gasteiger partial charge < -0.3 is 10.2 Å². The standard InChI is InChI=1S/C14H29N3O/c1-4-8-15-14(18)12-17-10-6-13(7-11-17)5-9-16(2)3/h13H,4-12H2,1-3H3,(H,15,18). The van der Waals surface area contributed by atoms with E-state index in [1.54, 1.807) is 0 Å². The number of piperidine rings is 1. The highest BCUT2D eigenvalue weighted by molar-refractivity contribution is 5.77. The van der Waals surface area contributed by atoms with Crippen molar-refractivity contribution >= 4 is 5.91 Å². The highest BCUT2D eigenvalue weighted by Crippen LogP contribution is 2.20. The van der Waals surface area contributed by atoms with E-state index < -0.39 is 0 Å². The van der Waals surface area contributed by atoms with Crippen LogP contribution in [0.3, 0.4) is 0 Å². The first-order valence-corrected chi connectivity index (χ1v) is 7.25. The monoisotopic (exact) mass is 255 g/mol. The summed E-state index contributed by atoms with van der Waals surface area (Å²) < 4.78 is 0. The van der Waals surface area contributed by atoms with E-state index in [1.165, 1.54) is 25.8 Å². The molecule has 0 aromatic heterocycles. The molecule has 0 aromatic rings. The number of amides is 1. The van der Waals surface area contributed by atoms with Crippen molar-refractivity contribution in [2.45, 2.75) is 32.6 Å². The third kappa shape index (κ3) is 6.36. The van der Waals surface area contributed by atoms with Crippen LogP contribution in [0.5, 0.6) is 0 Å². The van der Waals surface area contributed by atoms with Gasteiger partial charge in [0.2, 0.25) is 5.91 Å². The van der Waals surface area contributed by atoms with Gasteiger partial charge in [0.15, 0.2) is 0 Å². The molecule has 4 heteroatoms. The molecule has 1 heterocycles. The van der Waals surface area contributed by atoms with Crippen LogP contribution in [-0.4, -0.2) is 62.5 Å². The molecule has 1 aliphatic heterocycles. The molecule has 0 radical (unpaired) electrons. The average Bonchev–Trinajstić information content (AvgIpc) is 2.35. The maximum atomic E-state index is 11.6. The minimum atomic E-state index is 0.184. The highest BCUT2D eigenvalue weighted by Gasteiger charge is 2.20. The summed E-state index contributed by atoms with van der Waals surface area (Å²) >= 11 is 0. The molecule has 0 bridgehead atoms. The summed E-state index contributed by atoms with van der Waals surface area (Å²) in [5.74, 6) is 1.03. The van der Waals surface area contributed by atoms with E-state index in [2.05, 4.69) is 36.1 Å². The number of likely N-dealkylation sites (tertiary alicyclic amines) is 1. The molecule has 1 N–H and O–H groups in total. The predicted molar refractivity (Wildman–Crippen MR) is 75.6 cm³/mol. The van der Waals surface area contributed by atoms with Gasteiger partial charge in [0.1, 0.15) is 0 Å². The number of carbonyl (C=O) groups excluding carboxylic acids is 1. The van der Waals surface area contributed by atoms with Crippen molar-refractivity contribution in [1.29, 1.82) is 0 Å². The van der Waals surface area contributed by atoms with Gasteiger partial charge in [-0.05, 0) is 65.3 Å². The molecular formula is C14H29N3O. The smallest absolute Gasteiger partial charge is 0.234 e. The van der Waals surface area contributed by atoms with Gasteiger partial charge in [-0.15, -0.1) is 0 Å². The Hall–Kier alpha value is -0.610. The molecule has 0 unspecified atom stereocenters. The summed E-state index contributed by atoms with van der Waals surface area (Å²) in [6, 6.07) is 0. The van der Waals surface area contributed by atoms with E-state index in [1.807, 2.05) is 0 Å². The van der Waals surface area contributed by atoms with Crippen molar-refractivity contribution in [3.8, 4) is 0 Å². The maximum absolute atomic E-state index is 11.6. The fourth-order valence-electron chi connectivity index (χ4n) is 2.40. The third-order valence-corrected chi connectivity index (χ3v) is 3.63. The van der Waals surface area contributed by atoms with Crippen molar-refractivity contribution < 1.29 is 4.79 Å². The Bertz CT molecular complexity index is 235. The van der Waals surface area contributed by atoms with Gasteiger partial charge in [-0.25, -0.2) is 0 Å². The number of hydrogen-bond donors (Lipinski definition) is 1. The summed E-state index contributed by atoms with van der Waals surface area (Å²) in [6.07, 6.45) is 4.80. The zero-order valence-corrected chi connectivity index (χ0v) is 12.2. The van der Waals surface area contributed by atoms with Gasteiger partial charge in [-0.3, -0.25) is 9.69 Å². The third-order valence-electron chi connectivity index (χ3n) is 3.63. The van der Waals surface area contributed by atoms with Crippen LogP contribution in [0.4, 0.5) is 0 Å². The first kappa shape index (κ1) is 15.4. The quantitative estimate of drug-likeness (QED) is 0.742. The van der Waals surface area contributed by atoms with Crippen LogP contribution >= 0.6 is 0 Å². The number of rotatable bonds is 7. The number of carbonyl (C=O) groups is 1. The Balaban J connectivity index is 2.13. The summed E-state index contributed by atoms with van der Waals surface area (Å²) in [5.41, 5.74) is 0. The summed E-state index contributed by atoms with van der Waals surface area (Å²) in [5, 5.41) is 2.94. The van der Waals surface area contributed by atoms with Gasteiger partial charge in [0, 0.05) is 6.54 Å². The second kappa shape index (κ2) is 8.48. The molecule has 0 aliphatic carbocycles. The molecule has 0 saturated carbocycles. The maximum Gasteiger partial charge on any atom is 0.234 e. The van der Waals surface area contributed by atoms with Crippen LogP contribution in [0.15, 0.2) is 0 Å². The van der Waals surface area contributed by atoms with Crippen molar-refractivity contribution in [1.82, 2.24) is 15.1 Å². The van der Waals surface area contributed by atoms with Crippen molar-refractivity contribution in [2.75, 3.05) is 46.8 Å². The minimum absolute atomic E-state index is 0.184. The Kier molecular flexibility index (Phi) is 7.28. The molecule has 1 fully saturated rings. The molecule has 1 amide bonds. The predicted octanol–water partition coefficient (Wildman–Crippen LogP) is 1.18. The lowest BCUT2D eigenvalue weighted by Gasteiger charge is -2.31. The summed E-state index contributed by atoms with van der Waals surface area (Å²) in [7, 11) is 4.26. The first-order valence-electron chi connectivity index (χ1n) is 7.25. The zero-order chi connectivity index (χ0) is 13.4. The number of hydrogen-bond acceptors (Lipinski definition) is 3. The molecule has 4 nitrogen and oxygen atoms in total. The zero-order valence-electron chi connectivity index (χ0n) is 12.2. The number of nitrogens with one attached hydrogen (secondary N) is 1. The van der Waals surface area contributed by atoms with E-state index in [0.29, 0.717) is 6.54 Å². The largest absolute Gasteiger partial charge is 0.355 e.